The van der Waals surface area contributed by atoms with Gasteiger partial charge in [-0.25, -0.2) is 0 Å². The van der Waals surface area contributed by atoms with Gasteiger partial charge < -0.3 is 4.90 Å². The van der Waals surface area contributed by atoms with E-state index in [2.05, 4.69) is 12.1 Å². The molecule has 0 N–H and O–H groups in total. The van der Waals surface area contributed by atoms with Gasteiger partial charge in [0.2, 0.25) is 5.91 Å². The van der Waals surface area contributed by atoms with Gasteiger partial charge in [-0.05, 0) is 25.8 Å². The molecule has 0 aromatic heterocycles. The molecule has 2 rings (SSSR count). The summed E-state index contributed by atoms with van der Waals surface area (Å²) in [4.78, 5) is 26.2. The second kappa shape index (κ2) is 5.16. The molecule has 0 spiro atoms. The van der Waals surface area contributed by atoms with Crippen molar-refractivity contribution in [2.75, 3.05) is 13.1 Å². The summed E-state index contributed by atoms with van der Waals surface area (Å²) < 4.78 is 0. The van der Waals surface area contributed by atoms with Crippen molar-refractivity contribution in [2.45, 2.75) is 27.2 Å². The Morgan fingerprint density at radius 1 is 1.21 bits per heavy atom. The maximum atomic E-state index is 12.3. The lowest BCUT2D eigenvalue weighted by Gasteiger charge is -2.39. The van der Waals surface area contributed by atoms with Crippen molar-refractivity contribution in [3.8, 4) is 0 Å². The van der Waals surface area contributed by atoms with Gasteiger partial charge in [0.05, 0.1) is 0 Å². The Hall–Kier alpha value is -1.64. The molecule has 1 saturated heterocycles. The van der Waals surface area contributed by atoms with E-state index >= 15 is 0 Å². The van der Waals surface area contributed by atoms with Crippen LogP contribution in [0.2, 0.25) is 0 Å². The summed E-state index contributed by atoms with van der Waals surface area (Å²) >= 11 is 0. The molecule has 0 aliphatic carbocycles. The molecule has 1 aromatic rings. The summed E-state index contributed by atoms with van der Waals surface area (Å²) in [5.74, 6) is -0.0385. The Morgan fingerprint density at radius 3 is 2.47 bits per heavy atom. The largest absolute Gasteiger partial charge is 0.341 e. The molecule has 0 radical (unpaired) electrons. The summed E-state index contributed by atoms with van der Waals surface area (Å²) in [6, 6.07) is 10.1. The van der Waals surface area contributed by atoms with Gasteiger partial charge in [-0.2, -0.15) is 0 Å². The zero-order valence-corrected chi connectivity index (χ0v) is 11.8. The molecular weight excluding hydrogens is 238 g/mol. The molecule has 0 bridgehead atoms. The van der Waals surface area contributed by atoms with E-state index in [9.17, 15) is 9.59 Å². The minimum atomic E-state index is -0.867. The second-order valence-corrected chi connectivity index (χ2v) is 5.88. The molecule has 1 atom stereocenters. The van der Waals surface area contributed by atoms with Crippen LogP contribution in [0.15, 0.2) is 30.3 Å². The van der Waals surface area contributed by atoms with E-state index in [1.165, 1.54) is 5.56 Å². The highest BCUT2D eigenvalue weighted by Gasteiger charge is 2.45. The predicted octanol–water partition coefficient (Wildman–Crippen LogP) is 2.30. The first-order valence-electron chi connectivity index (χ1n) is 6.80. The number of Topliss-reactive ketones (excluding diaryl/α,β-unsaturated/α-hetero) is 1. The molecule has 1 aliphatic rings. The molecule has 0 saturated carbocycles. The molecule has 1 fully saturated rings. The van der Waals surface area contributed by atoms with Gasteiger partial charge in [-0.1, -0.05) is 37.3 Å². The average Bonchev–Trinajstić information content (AvgIpc) is 2.41. The van der Waals surface area contributed by atoms with E-state index < -0.39 is 5.41 Å². The first kappa shape index (κ1) is 13.8. The van der Waals surface area contributed by atoms with Crippen LogP contribution in [0, 0.1) is 11.3 Å². The Morgan fingerprint density at radius 2 is 1.84 bits per heavy atom. The number of hydrogen-bond donors (Lipinski definition) is 0. The third kappa shape index (κ3) is 2.70. The summed E-state index contributed by atoms with van der Waals surface area (Å²) in [5.41, 5.74) is 0.353. The molecular formula is C16H21NO2. The molecule has 1 aliphatic heterocycles. The SMILES string of the molecule is CC1CN(CCc2ccccc2)C(=O)C(C)(C)C1=O. The minimum Gasteiger partial charge on any atom is -0.341 e. The Labute approximate surface area is 114 Å². The topological polar surface area (TPSA) is 37.4 Å². The van der Waals surface area contributed by atoms with Crippen LogP contribution in [0.4, 0.5) is 0 Å². The van der Waals surface area contributed by atoms with Gasteiger partial charge in [0, 0.05) is 19.0 Å². The maximum absolute atomic E-state index is 12.3. The number of amides is 1. The van der Waals surface area contributed by atoms with Gasteiger partial charge in [-0.3, -0.25) is 9.59 Å². The molecule has 1 heterocycles. The van der Waals surface area contributed by atoms with Crippen LogP contribution < -0.4 is 0 Å². The molecule has 19 heavy (non-hydrogen) atoms. The zero-order chi connectivity index (χ0) is 14.0. The quantitative estimate of drug-likeness (QED) is 0.781. The fraction of sp³-hybridized carbons (Fsp3) is 0.500. The highest BCUT2D eigenvalue weighted by atomic mass is 16.2. The average molecular weight is 259 g/mol. The number of benzene rings is 1. The van der Waals surface area contributed by atoms with Gasteiger partial charge in [0.1, 0.15) is 5.41 Å². The Kier molecular flexibility index (Phi) is 3.74. The van der Waals surface area contributed by atoms with Gasteiger partial charge in [0.15, 0.2) is 5.78 Å². The van der Waals surface area contributed by atoms with Crippen molar-refractivity contribution in [2.24, 2.45) is 11.3 Å². The smallest absolute Gasteiger partial charge is 0.235 e. The lowest BCUT2D eigenvalue weighted by Crippen LogP contribution is -2.55. The number of rotatable bonds is 3. The number of piperidine rings is 1. The highest BCUT2D eigenvalue weighted by molar-refractivity contribution is 6.08. The normalized spacial score (nSPS) is 22.7. The van der Waals surface area contributed by atoms with Crippen molar-refractivity contribution in [3.05, 3.63) is 35.9 Å². The van der Waals surface area contributed by atoms with Crippen molar-refractivity contribution < 1.29 is 9.59 Å². The number of carbonyl (C=O) groups is 2. The molecule has 3 nitrogen and oxygen atoms in total. The minimum absolute atomic E-state index is 0.0356. The first-order valence-corrected chi connectivity index (χ1v) is 6.80. The molecule has 1 amide bonds. The number of hydrogen-bond acceptors (Lipinski definition) is 2. The van der Waals surface area contributed by atoms with E-state index in [4.69, 9.17) is 0 Å². The monoisotopic (exact) mass is 259 g/mol. The highest BCUT2D eigenvalue weighted by Crippen LogP contribution is 2.30. The van der Waals surface area contributed by atoms with E-state index in [1.807, 2.05) is 30.0 Å². The molecule has 3 heteroatoms. The zero-order valence-electron chi connectivity index (χ0n) is 11.8. The van der Waals surface area contributed by atoms with Crippen LogP contribution in [0.5, 0.6) is 0 Å². The fourth-order valence-electron chi connectivity index (χ4n) is 2.71. The van der Waals surface area contributed by atoms with Crippen LogP contribution in [0.25, 0.3) is 0 Å². The number of nitrogens with zero attached hydrogens (tertiary/aromatic N) is 1. The van der Waals surface area contributed by atoms with Crippen molar-refractivity contribution in [1.82, 2.24) is 4.90 Å². The molecule has 102 valence electrons. The summed E-state index contributed by atoms with van der Waals surface area (Å²) in [6.45, 7) is 6.62. The number of carbonyl (C=O) groups excluding carboxylic acids is 2. The van der Waals surface area contributed by atoms with Gasteiger partial charge in [-0.15, -0.1) is 0 Å². The lowest BCUT2D eigenvalue weighted by molar-refractivity contribution is -0.155. The lowest BCUT2D eigenvalue weighted by atomic mass is 9.77. The standard InChI is InChI=1S/C16H21NO2/c1-12-11-17(15(19)16(2,3)14(12)18)10-9-13-7-5-4-6-8-13/h4-8,12H,9-11H2,1-3H3. The fourth-order valence-corrected chi connectivity index (χ4v) is 2.71. The van der Waals surface area contributed by atoms with E-state index in [0.29, 0.717) is 13.1 Å². The van der Waals surface area contributed by atoms with Crippen LogP contribution in [-0.2, 0) is 16.0 Å². The maximum Gasteiger partial charge on any atom is 0.235 e. The third-order valence-electron chi connectivity index (χ3n) is 3.89. The van der Waals surface area contributed by atoms with Crippen molar-refractivity contribution in [1.29, 1.82) is 0 Å². The van der Waals surface area contributed by atoms with Crippen LogP contribution in [-0.4, -0.2) is 29.7 Å². The van der Waals surface area contributed by atoms with Crippen molar-refractivity contribution >= 4 is 11.7 Å². The van der Waals surface area contributed by atoms with Crippen LogP contribution in [0.1, 0.15) is 26.3 Å². The van der Waals surface area contributed by atoms with Gasteiger partial charge in [0.25, 0.3) is 0 Å². The van der Waals surface area contributed by atoms with E-state index in [1.54, 1.807) is 13.8 Å². The van der Waals surface area contributed by atoms with E-state index in [0.717, 1.165) is 6.42 Å². The van der Waals surface area contributed by atoms with Crippen LogP contribution in [0.3, 0.4) is 0 Å². The number of ketones is 1. The summed E-state index contributed by atoms with van der Waals surface area (Å²) in [6.07, 6.45) is 0.837. The number of likely N-dealkylation sites (tertiary alicyclic amines) is 1. The summed E-state index contributed by atoms with van der Waals surface area (Å²) in [7, 11) is 0. The second-order valence-electron chi connectivity index (χ2n) is 5.88. The predicted molar refractivity (Wildman–Crippen MR) is 74.7 cm³/mol. The third-order valence-corrected chi connectivity index (χ3v) is 3.89. The Balaban J connectivity index is 2.05. The van der Waals surface area contributed by atoms with Crippen LogP contribution >= 0.6 is 0 Å². The molecule has 1 aromatic carbocycles. The Bertz CT molecular complexity index is 479. The first-order chi connectivity index (χ1) is 8.93. The van der Waals surface area contributed by atoms with Gasteiger partial charge >= 0.3 is 0 Å². The summed E-state index contributed by atoms with van der Waals surface area (Å²) in [5, 5.41) is 0. The van der Waals surface area contributed by atoms with Crippen molar-refractivity contribution in [3.63, 3.8) is 0 Å². The van der Waals surface area contributed by atoms with E-state index in [-0.39, 0.29) is 17.6 Å². The molecule has 1 unspecified atom stereocenters.